The summed E-state index contributed by atoms with van der Waals surface area (Å²) in [4.78, 5) is 26.3. The van der Waals surface area contributed by atoms with Gasteiger partial charge < -0.3 is 28.1 Å². The highest BCUT2D eigenvalue weighted by Crippen LogP contribution is 2.35. The summed E-state index contributed by atoms with van der Waals surface area (Å²) in [5, 5.41) is 0.394. The van der Waals surface area contributed by atoms with Crippen LogP contribution in [-0.4, -0.2) is 33.4 Å². The number of carbonyl (C=O) groups is 1. The zero-order valence-corrected chi connectivity index (χ0v) is 20.1. The molecule has 0 aliphatic carbocycles. The van der Waals surface area contributed by atoms with Crippen molar-refractivity contribution in [1.82, 2.24) is 0 Å². The predicted octanol–water partition coefficient (Wildman–Crippen LogP) is 5.03. The minimum Gasteiger partial charge on any atom is -0.493 e. The molecule has 36 heavy (non-hydrogen) atoms. The molecule has 0 amide bonds. The maximum atomic E-state index is 13.4. The Morgan fingerprint density at radius 2 is 1.67 bits per heavy atom. The Bertz CT molecular complexity index is 1520. The molecule has 0 N–H and O–H groups in total. The molecule has 1 aliphatic heterocycles. The van der Waals surface area contributed by atoms with E-state index in [9.17, 15) is 9.59 Å². The first kappa shape index (κ1) is 23.3. The van der Waals surface area contributed by atoms with E-state index in [-0.39, 0.29) is 5.43 Å². The van der Waals surface area contributed by atoms with Crippen LogP contribution in [0.3, 0.4) is 0 Å². The second-order valence-electron chi connectivity index (χ2n) is 8.11. The van der Waals surface area contributed by atoms with E-state index >= 15 is 0 Å². The summed E-state index contributed by atoms with van der Waals surface area (Å²) in [5.74, 6) is 1.90. The molecule has 8 heteroatoms. The molecule has 1 aliphatic rings. The fourth-order valence-electron chi connectivity index (χ4n) is 4.11. The average molecular weight is 488 g/mol. The van der Waals surface area contributed by atoms with Gasteiger partial charge in [-0.3, -0.25) is 4.79 Å². The zero-order chi connectivity index (χ0) is 25.2. The number of benzene rings is 3. The van der Waals surface area contributed by atoms with Crippen LogP contribution in [0, 0.1) is 0 Å². The van der Waals surface area contributed by atoms with Crippen molar-refractivity contribution in [2.24, 2.45) is 0 Å². The van der Waals surface area contributed by atoms with Gasteiger partial charge in [0.1, 0.15) is 30.8 Å². The van der Waals surface area contributed by atoms with Crippen molar-refractivity contribution in [3.63, 3.8) is 0 Å². The molecule has 184 valence electrons. The smallest absolute Gasteiger partial charge is 0.343 e. The molecule has 0 spiro atoms. The summed E-state index contributed by atoms with van der Waals surface area (Å²) in [6, 6.07) is 13.4. The van der Waals surface area contributed by atoms with Gasteiger partial charge in [-0.15, -0.1) is 0 Å². The van der Waals surface area contributed by atoms with Gasteiger partial charge in [-0.25, -0.2) is 4.79 Å². The number of hydrogen-bond acceptors (Lipinski definition) is 8. The van der Waals surface area contributed by atoms with Crippen LogP contribution in [0.2, 0.25) is 0 Å². The highest BCUT2D eigenvalue weighted by Gasteiger charge is 2.19. The standard InChI is InChI=1S/C28H24O8/c1-4-16-11-19-24(14-23(16)36-28(30)18-6-7-21(31-2)25(13-18)32-3)35-15-20(27(19)29)17-5-8-22-26(12-17)34-10-9-33-22/h5-8,11-15H,4,9-10H2,1-3H3. The zero-order valence-electron chi connectivity index (χ0n) is 20.1. The second-order valence-corrected chi connectivity index (χ2v) is 8.11. The number of methoxy groups -OCH3 is 2. The Morgan fingerprint density at radius 3 is 2.42 bits per heavy atom. The van der Waals surface area contributed by atoms with Gasteiger partial charge in [0.2, 0.25) is 5.43 Å². The summed E-state index contributed by atoms with van der Waals surface area (Å²) in [6.07, 6.45) is 1.94. The largest absolute Gasteiger partial charge is 0.493 e. The second kappa shape index (κ2) is 9.65. The van der Waals surface area contributed by atoms with Crippen molar-refractivity contribution in [2.75, 3.05) is 27.4 Å². The molecule has 2 heterocycles. The lowest BCUT2D eigenvalue weighted by atomic mass is 10.0. The van der Waals surface area contributed by atoms with Crippen molar-refractivity contribution >= 4 is 16.9 Å². The van der Waals surface area contributed by atoms with Crippen LogP contribution in [0.15, 0.2) is 64.0 Å². The molecule has 8 nitrogen and oxygen atoms in total. The van der Waals surface area contributed by atoms with Crippen molar-refractivity contribution in [3.8, 4) is 39.9 Å². The van der Waals surface area contributed by atoms with Crippen LogP contribution in [0.1, 0.15) is 22.8 Å². The first-order valence-corrected chi connectivity index (χ1v) is 11.4. The lowest BCUT2D eigenvalue weighted by molar-refractivity contribution is 0.0733. The van der Waals surface area contributed by atoms with Gasteiger partial charge in [-0.05, 0) is 53.9 Å². The van der Waals surface area contributed by atoms with Gasteiger partial charge in [-0.1, -0.05) is 13.0 Å². The number of rotatable bonds is 6. The average Bonchev–Trinajstić information content (AvgIpc) is 2.92. The van der Waals surface area contributed by atoms with Gasteiger partial charge in [0, 0.05) is 6.07 Å². The maximum absolute atomic E-state index is 13.4. The van der Waals surface area contributed by atoms with E-state index in [1.165, 1.54) is 20.5 Å². The molecule has 4 aromatic rings. The van der Waals surface area contributed by atoms with Crippen molar-refractivity contribution in [1.29, 1.82) is 0 Å². The third-order valence-corrected chi connectivity index (χ3v) is 6.01. The van der Waals surface area contributed by atoms with E-state index < -0.39 is 5.97 Å². The molecule has 5 rings (SSSR count). The summed E-state index contributed by atoms with van der Waals surface area (Å²) in [6.45, 7) is 2.86. The summed E-state index contributed by atoms with van der Waals surface area (Å²) in [5.41, 5.74) is 2.18. The summed E-state index contributed by atoms with van der Waals surface area (Å²) < 4.78 is 33.2. The predicted molar refractivity (Wildman–Crippen MR) is 133 cm³/mol. The fourth-order valence-corrected chi connectivity index (χ4v) is 4.11. The number of fused-ring (bicyclic) bond motifs is 2. The molecule has 0 fully saturated rings. The molecule has 0 atom stereocenters. The monoisotopic (exact) mass is 488 g/mol. The SMILES string of the molecule is CCc1cc2c(=O)c(-c3ccc4c(c3)OCCO4)coc2cc1OC(=O)c1ccc(OC)c(OC)c1. The molecule has 0 radical (unpaired) electrons. The van der Waals surface area contributed by atoms with Crippen LogP contribution in [0.5, 0.6) is 28.7 Å². The van der Waals surface area contributed by atoms with Crippen LogP contribution < -0.4 is 29.1 Å². The van der Waals surface area contributed by atoms with E-state index in [2.05, 4.69) is 0 Å². The molecule has 0 unspecified atom stereocenters. The Kier molecular flexibility index (Phi) is 6.25. The quantitative estimate of drug-likeness (QED) is 0.276. The van der Waals surface area contributed by atoms with Gasteiger partial charge in [0.25, 0.3) is 0 Å². The Balaban J connectivity index is 1.50. The Labute approximate surface area is 206 Å². The summed E-state index contributed by atoms with van der Waals surface area (Å²) >= 11 is 0. The van der Waals surface area contributed by atoms with Crippen molar-refractivity contribution < 1.29 is 32.9 Å². The van der Waals surface area contributed by atoms with Crippen molar-refractivity contribution in [3.05, 3.63) is 76.1 Å². The van der Waals surface area contributed by atoms with Crippen molar-refractivity contribution in [2.45, 2.75) is 13.3 Å². The van der Waals surface area contributed by atoms with E-state index in [1.807, 2.05) is 6.92 Å². The first-order chi connectivity index (χ1) is 17.5. The van der Waals surface area contributed by atoms with E-state index in [4.69, 9.17) is 28.1 Å². The molecule has 0 saturated heterocycles. The van der Waals surface area contributed by atoms with Gasteiger partial charge in [0.15, 0.2) is 23.0 Å². The number of ether oxygens (including phenoxy) is 5. The Morgan fingerprint density at radius 1 is 0.889 bits per heavy atom. The van der Waals surface area contributed by atoms with Crippen LogP contribution >= 0.6 is 0 Å². The normalized spacial score (nSPS) is 12.3. The van der Waals surface area contributed by atoms with E-state index in [1.54, 1.807) is 48.5 Å². The molecule has 3 aromatic carbocycles. The number of hydrogen-bond donors (Lipinski definition) is 0. The lowest BCUT2D eigenvalue weighted by Crippen LogP contribution is -2.15. The fraction of sp³-hybridized carbons (Fsp3) is 0.214. The Hall–Kier alpha value is -4.46. The van der Waals surface area contributed by atoms with Crippen LogP contribution in [-0.2, 0) is 6.42 Å². The van der Waals surface area contributed by atoms with Crippen LogP contribution in [0.25, 0.3) is 22.1 Å². The first-order valence-electron chi connectivity index (χ1n) is 11.4. The highest BCUT2D eigenvalue weighted by molar-refractivity contribution is 5.93. The van der Waals surface area contributed by atoms with Gasteiger partial charge in [-0.2, -0.15) is 0 Å². The molecule has 0 saturated carbocycles. The molecular formula is C28H24O8. The number of carbonyl (C=O) groups excluding carboxylic acids is 1. The maximum Gasteiger partial charge on any atom is 0.343 e. The molecule has 0 bridgehead atoms. The summed E-state index contributed by atoms with van der Waals surface area (Å²) in [7, 11) is 3.01. The van der Waals surface area contributed by atoms with E-state index in [0.717, 1.165) is 0 Å². The minimum atomic E-state index is -0.569. The highest BCUT2D eigenvalue weighted by atomic mass is 16.6. The van der Waals surface area contributed by atoms with Gasteiger partial charge in [0.05, 0.1) is 30.7 Å². The van der Waals surface area contributed by atoms with E-state index in [0.29, 0.717) is 81.6 Å². The van der Waals surface area contributed by atoms with Gasteiger partial charge >= 0.3 is 5.97 Å². The molecular weight excluding hydrogens is 464 g/mol. The lowest BCUT2D eigenvalue weighted by Gasteiger charge is -2.18. The minimum absolute atomic E-state index is 0.194. The number of aryl methyl sites for hydroxylation is 1. The third kappa shape index (κ3) is 4.22. The topological polar surface area (TPSA) is 93.4 Å². The van der Waals surface area contributed by atoms with Crippen LogP contribution in [0.4, 0.5) is 0 Å². The number of esters is 1. The third-order valence-electron chi connectivity index (χ3n) is 6.01. The molecule has 1 aromatic heterocycles.